The second kappa shape index (κ2) is 9.11. The summed E-state index contributed by atoms with van der Waals surface area (Å²) in [5.74, 6) is -0.425. The maximum atomic E-state index is 13.3. The summed E-state index contributed by atoms with van der Waals surface area (Å²) in [4.78, 5) is 16.7. The Labute approximate surface area is 180 Å². The lowest BCUT2D eigenvalue weighted by molar-refractivity contribution is 0.102. The van der Waals surface area contributed by atoms with Gasteiger partial charge in [-0.25, -0.2) is 8.42 Å². The molecule has 154 valence electrons. The third-order valence-corrected chi connectivity index (χ3v) is 6.35. The maximum Gasteiger partial charge on any atom is 0.264 e. The zero-order chi connectivity index (χ0) is 21.7. The summed E-state index contributed by atoms with van der Waals surface area (Å²) in [6, 6.07) is 15.9. The highest BCUT2D eigenvalue weighted by atomic mass is 35.5. The first-order valence-electron chi connectivity index (χ1n) is 9.05. The molecular formula is C22H20ClN3O3S. The van der Waals surface area contributed by atoms with Crippen LogP contribution in [0.5, 0.6) is 0 Å². The van der Waals surface area contributed by atoms with Crippen LogP contribution in [0.25, 0.3) is 0 Å². The van der Waals surface area contributed by atoms with Gasteiger partial charge in [0.05, 0.1) is 22.2 Å². The molecule has 0 aliphatic heterocycles. The molecule has 3 aromatic rings. The third kappa shape index (κ3) is 4.69. The molecule has 0 saturated carbocycles. The molecule has 0 aliphatic rings. The number of nitrogens with zero attached hydrogens (tertiary/aromatic N) is 2. The number of para-hydroxylation sites is 1. The van der Waals surface area contributed by atoms with Crippen molar-refractivity contribution in [3.63, 3.8) is 0 Å². The summed E-state index contributed by atoms with van der Waals surface area (Å²) in [6.07, 6.45) is 3.06. The molecule has 0 fully saturated rings. The van der Waals surface area contributed by atoms with Crippen molar-refractivity contribution in [1.82, 2.24) is 4.98 Å². The normalized spacial score (nSPS) is 11.0. The van der Waals surface area contributed by atoms with Crippen LogP contribution in [0.2, 0.25) is 5.02 Å². The van der Waals surface area contributed by atoms with E-state index in [9.17, 15) is 13.2 Å². The Balaban J connectivity index is 1.95. The van der Waals surface area contributed by atoms with Crippen molar-refractivity contribution < 1.29 is 13.2 Å². The number of rotatable bonds is 7. The molecule has 1 heterocycles. The topological polar surface area (TPSA) is 79.4 Å². The summed E-state index contributed by atoms with van der Waals surface area (Å²) in [7, 11) is -3.99. The number of halogens is 1. The van der Waals surface area contributed by atoms with Crippen LogP contribution in [0.15, 0.2) is 84.4 Å². The lowest BCUT2D eigenvalue weighted by Gasteiger charge is -2.24. The molecule has 3 rings (SSSR count). The number of amides is 1. The number of aromatic nitrogens is 1. The van der Waals surface area contributed by atoms with Crippen molar-refractivity contribution in [2.24, 2.45) is 0 Å². The third-order valence-electron chi connectivity index (χ3n) is 4.25. The molecule has 1 N–H and O–H groups in total. The summed E-state index contributed by atoms with van der Waals surface area (Å²) >= 11 is 6.22. The Hall–Kier alpha value is -3.16. The van der Waals surface area contributed by atoms with Crippen LogP contribution in [0.3, 0.4) is 0 Å². The van der Waals surface area contributed by atoms with Crippen molar-refractivity contribution in [1.29, 1.82) is 0 Å². The highest BCUT2D eigenvalue weighted by molar-refractivity contribution is 7.92. The van der Waals surface area contributed by atoms with E-state index in [2.05, 4.69) is 16.9 Å². The average Bonchev–Trinajstić information content (AvgIpc) is 2.73. The molecule has 2 aromatic carbocycles. The Morgan fingerprint density at radius 3 is 2.63 bits per heavy atom. The highest BCUT2D eigenvalue weighted by Gasteiger charge is 2.26. The first-order valence-corrected chi connectivity index (χ1v) is 10.9. The van der Waals surface area contributed by atoms with E-state index in [1.807, 2.05) is 6.92 Å². The monoisotopic (exact) mass is 441 g/mol. The molecule has 8 heteroatoms. The standard InChI is InChI=1S/C22H20ClN3O3S/c1-3-13-26(21-10-5-4-9-20(21)23)30(28,29)19-8-6-7-17(15-19)22(27)25-18-11-12-24-16(2)14-18/h3-12,14-15H,1,13H2,2H3,(H,24,25,27). The van der Waals surface area contributed by atoms with Crippen LogP contribution in [0.4, 0.5) is 11.4 Å². The van der Waals surface area contributed by atoms with Crippen molar-refractivity contribution in [2.75, 3.05) is 16.2 Å². The van der Waals surface area contributed by atoms with Gasteiger partial charge in [-0.1, -0.05) is 35.9 Å². The van der Waals surface area contributed by atoms with Gasteiger partial charge in [0.2, 0.25) is 0 Å². The van der Waals surface area contributed by atoms with E-state index in [0.29, 0.717) is 16.4 Å². The Kier molecular flexibility index (Phi) is 6.54. The largest absolute Gasteiger partial charge is 0.322 e. The summed E-state index contributed by atoms with van der Waals surface area (Å²) in [6.45, 7) is 5.48. The molecule has 0 spiro atoms. The zero-order valence-corrected chi connectivity index (χ0v) is 17.8. The Morgan fingerprint density at radius 2 is 1.93 bits per heavy atom. The Morgan fingerprint density at radius 1 is 1.17 bits per heavy atom. The first kappa shape index (κ1) is 21.5. The van der Waals surface area contributed by atoms with Gasteiger partial charge in [0.1, 0.15) is 0 Å². The van der Waals surface area contributed by atoms with Crippen LogP contribution in [0.1, 0.15) is 16.1 Å². The number of carbonyl (C=O) groups is 1. The molecule has 0 saturated heterocycles. The number of hydrogen-bond acceptors (Lipinski definition) is 4. The van der Waals surface area contributed by atoms with Crippen molar-refractivity contribution in [3.8, 4) is 0 Å². The summed E-state index contributed by atoms with van der Waals surface area (Å²) in [5.41, 5.74) is 1.87. The van der Waals surface area contributed by atoms with Gasteiger partial charge in [0.15, 0.2) is 0 Å². The highest BCUT2D eigenvalue weighted by Crippen LogP contribution is 2.30. The molecule has 30 heavy (non-hydrogen) atoms. The molecule has 0 radical (unpaired) electrons. The van der Waals surface area contributed by atoms with Gasteiger partial charge in [-0.2, -0.15) is 0 Å². The number of carbonyl (C=O) groups excluding carboxylic acids is 1. The second-order valence-electron chi connectivity index (χ2n) is 6.44. The van der Waals surface area contributed by atoms with E-state index in [-0.39, 0.29) is 17.0 Å². The number of benzene rings is 2. The SMILES string of the molecule is C=CCN(c1ccccc1Cl)S(=O)(=O)c1cccc(C(=O)Nc2ccnc(C)c2)c1. The fourth-order valence-electron chi connectivity index (χ4n) is 2.85. The van der Waals surface area contributed by atoms with E-state index < -0.39 is 15.9 Å². The van der Waals surface area contributed by atoms with Gasteiger partial charge in [-0.15, -0.1) is 6.58 Å². The number of hydrogen-bond donors (Lipinski definition) is 1. The van der Waals surface area contributed by atoms with Crippen molar-refractivity contribution >= 4 is 38.9 Å². The number of anilines is 2. The number of sulfonamides is 1. The van der Waals surface area contributed by atoms with Crippen LogP contribution < -0.4 is 9.62 Å². The minimum absolute atomic E-state index is 0.0252. The summed E-state index contributed by atoms with van der Waals surface area (Å²) in [5, 5.41) is 3.04. The lowest BCUT2D eigenvalue weighted by atomic mass is 10.2. The van der Waals surface area contributed by atoms with Gasteiger partial charge >= 0.3 is 0 Å². The average molecular weight is 442 g/mol. The smallest absolute Gasteiger partial charge is 0.264 e. The van der Waals surface area contributed by atoms with E-state index >= 15 is 0 Å². The molecule has 1 aromatic heterocycles. The quantitative estimate of drug-likeness (QED) is 0.540. The van der Waals surface area contributed by atoms with E-state index in [0.717, 1.165) is 10.00 Å². The molecule has 0 atom stereocenters. The predicted molar refractivity (Wildman–Crippen MR) is 120 cm³/mol. The fourth-order valence-corrected chi connectivity index (χ4v) is 4.64. The predicted octanol–water partition coefficient (Wildman–Crippen LogP) is 4.68. The van der Waals surface area contributed by atoms with E-state index in [1.165, 1.54) is 24.3 Å². The van der Waals surface area contributed by atoms with Crippen molar-refractivity contribution in [2.45, 2.75) is 11.8 Å². The summed E-state index contributed by atoms with van der Waals surface area (Å²) < 4.78 is 27.8. The minimum atomic E-state index is -3.99. The molecule has 1 amide bonds. The zero-order valence-electron chi connectivity index (χ0n) is 16.2. The number of aryl methyl sites for hydroxylation is 1. The van der Waals surface area contributed by atoms with Crippen LogP contribution >= 0.6 is 11.6 Å². The number of pyridine rings is 1. The van der Waals surface area contributed by atoms with Gasteiger partial charge in [0, 0.05) is 23.1 Å². The van der Waals surface area contributed by atoms with Crippen LogP contribution in [-0.4, -0.2) is 25.9 Å². The van der Waals surface area contributed by atoms with E-state index in [1.54, 1.807) is 48.7 Å². The lowest BCUT2D eigenvalue weighted by Crippen LogP contribution is -2.31. The van der Waals surface area contributed by atoms with Gasteiger partial charge in [-0.3, -0.25) is 14.1 Å². The first-order chi connectivity index (χ1) is 14.3. The van der Waals surface area contributed by atoms with Crippen LogP contribution in [-0.2, 0) is 10.0 Å². The molecule has 6 nitrogen and oxygen atoms in total. The Bertz CT molecular complexity index is 1200. The maximum absolute atomic E-state index is 13.3. The van der Waals surface area contributed by atoms with Crippen molar-refractivity contribution in [3.05, 3.63) is 95.8 Å². The number of nitrogens with one attached hydrogen (secondary N) is 1. The van der Waals surface area contributed by atoms with Gasteiger partial charge in [0.25, 0.3) is 15.9 Å². The van der Waals surface area contributed by atoms with E-state index in [4.69, 9.17) is 11.6 Å². The molecule has 0 aliphatic carbocycles. The minimum Gasteiger partial charge on any atom is -0.322 e. The molecular weight excluding hydrogens is 422 g/mol. The van der Waals surface area contributed by atoms with Crippen LogP contribution in [0, 0.1) is 6.92 Å². The molecule has 0 bridgehead atoms. The fraction of sp³-hybridized carbons (Fsp3) is 0.0909. The second-order valence-corrected chi connectivity index (χ2v) is 8.71. The van der Waals surface area contributed by atoms with Gasteiger partial charge in [-0.05, 0) is 49.4 Å². The van der Waals surface area contributed by atoms with Gasteiger partial charge < -0.3 is 5.32 Å². The molecule has 0 unspecified atom stereocenters.